The minimum atomic E-state index is -0.148. The summed E-state index contributed by atoms with van der Waals surface area (Å²) in [6.07, 6.45) is 4.22. The molecule has 1 amide bonds. The van der Waals surface area contributed by atoms with E-state index in [0.29, 0.717) is 24.0 Å². The zero-order valence-corrected chi connectivity index (χ0v) is 21.2. The summed E-state index contributed by atoms with van der Waals surface area (Å²) in [5.74, 6) is 0.775. The maximum absolute atomic E-state index is 13.7. The van der Waals surface area contributed by atoms with Gasteiger partial charge in [-0.2, -0.15) is 0 Å². The van der Waals surface area contributed by atoms with Gasteiger partial charge in [0.15, 0.2) is 5.16 Å². The van der Waals surface area contributed by atoms with Crippen molar-refractivity contribution in [3.63, 3.8) is 0 Å². The largest absolute Gasteiger partial charge is 0.494 e. The highest BCUT2D eigenvalue weighted by molar-refractivity contribution is 7.99. The molecule has 0 unspecified atom stereocenters. The molecule has 0 atom stereocenters. The molecule has 1 aliphatic rings. The first-order chi connectivity index (χ1) is 17.1. The van der Waals surface area contributed by atoms with Crippen LogP contribution >= 0.6 is 23.1 Å². The van der Waals surface area contributed by atoms with Crippen molar-refractivity contribution in [1.82, 2.24) is 9.55 Å². The van der Waals surface area contributed by atoms with Crippen molar-refractivity contribution in [3.05, 3.63) is 81.0 Å². The normalized spacial score (nSPS) is 12.9. The van der Waals surface area contributed by atoms with E-state index in [1.165, 1.54) is 22.2 Å². The molecule has 35 heavy (non-hydrogen) atoms. The summed E-state index contributed by atoms with van der Waals surface area (Å²) >= 11 is 2.94. The van der Waals surface area contributed by atoms with Gasteiger partial charge >= 0.3 is 0 Å². The van der Waals surface area contributed by atoms with E-state index in [4.69, 9.17) is 9.72 Å². The van der Waals surface area contributed by atoms with E-state index in [-0.39, 0.29) is 17.2 Å². The predicted octanol–water partition coefficient (Wildman–Crippen LogP) is 5.51. The molecule has 0 saturated heterocycles. The summed E-state index contributed by atoms with van der Waals surface area (Å²) in [7, 11) is 0. The molecular weight excluding hydrogens is 478 g/mol. The molecule has 1 N–H and O–H groups in total. The molecule has 0 fully saturated rings. The van der Waals surface area contributed by atoms with Gasteiger partial charge in [-0.1, -0.05) is 42.1 Å². The number of thiophene rings is 1. The van der Waals surface area contributed by atoms with Gasteiger partial charge in [0.05, 0.1) is 24.3 Å². The molecule has 6 nitrogen and oxygen atoms in total. The summed E-state index contributed by atoms with van der Waals surface area (Å²) in [5, 5.41) is 4.26. The number of aryl methyl sites for hydroxylation is 2. The van der Waals surface area contributed by atoms with Crippen molar-refractivity contribution in [2.75, 3.05) is 17.7 Å². The summed E-state index contributed by atoms with van der Waals surface area (Å²) in [6.45, 7) is 2.95. The third-order valence-corrected chi connectivity index (χ3v) is 8.17. The third-order valence-electron chi connectivity index (χ3n) is 6.00. The lowest BCUT2D eigenvalue weighted by atomic mass is 9.97. The fourth-order valence-electron chi connectivity index (χ4n) is 4.36. The molecule has 5 rings (SSSR count). The van der Waals surface area contributed by atoms with Crippen molar-refractivity contribution < 1.29 is 9.53 Å². The Balaban J connectivity index is 1.41. The first-order valence-corrected chi connectivity index (χ1v) is 13.7. The fraction of sp³-hybridized carbons (Fsp3) is 0.296. The van der Waals surface area contributed by atoms with Crippen LogP contribution in [-0.2, 0) is 24.2 Å². The van der Waals surface area contributed by atoms with Gasteiger partial charge in [-0.3, -0.25) is 14.2 Å². The number of benzene rings is 2. The minimum absolute atomic E-state index is 0.00678. The van der Waals surface area contributed by atoms with Crippen LogP contribution in [0, 0.1) is 0 Å². The number of hydrogen-bond donors (Lipinski definition) is 1. The zero-order valence-electron chi connectivity index (χ0n) is 19.6. The van der Waals surface area contributed by atoms with Crippen molar-refractivity contribution >= 4 is 44.9 Å². The number of nitrogens with one attached hydrogen (secondary N) is 1. The van der Waals surface area contributed by atoms with E-state index in [0.717, 1.165) is 47.2 Å². The quantitative estimate of drug-likeness (QED) is 0.252. The van der Waals surface area contributed by atoms with Gasteiger partial charge in [0, 0.05) is 10.6 Å². The number of aromatic nitrogens is 2. The van der Waals surface area contributed by atoms with E-state index in [2.05, 4.69) is 5.32 Å². The highest BCUT2D eigenvalue weighted by Crippen LogP contribution is 2.35. The van der Waals surface area contributed by atoms with Crippen LogP contribution in [0.2, 0.25) is 0 Å². The number of thioether (sulfide) groups is 1. The lowest BCUT2D eigenvalue weighted by Gasteiger charge is -2.14. The van der Waals surface area contributed by atoms with Gasteiger partial charge in [0.2, 0.25) is 5.91 Å². The SMILES string of the molecule is CCOc1ccc(NC(=O)CSc2nc3sc4c(c3c(=O)n2Cc2ccccc2)CCCC4)cc1. The van der Waals surface area contributed by atoms with Crippen LogP contribution < -0.4 is 15.6 Å². The van der Waals surface area contributed by atoms with Crippen LogP contribution in [-0.4, -0.2) is 27.8 Å². The Morgan fingerprint density at radius 1 is 1.11 bits per heavy atom. The van der Waals surface area contributed by atoms with E-state index < -0.39 is 0 Å². The Labute approximate surface area is 212 Å². The summed E-state index contributed by atoms with van der Waals surface area (Å²) in [4.78, 5) is 33.4. The fourth-order valence-corrected chi connectivity index (χ4v) is 6.46. The number of rotatable bonds is 8. The summed E-state index contributed by atoms with van der Waals surface area (Å²) < 4.78 is 7.18. The van der Waals surface area contributed by atoms with Crippen LogP contribution in [0.15, 0.2) is 64.5 Å². The first kappa shape index (κ1) is 23.6. The Kier molecular flexibility index (Phi) is 7.20. The molecule has 2 aromatic carbocycles. The lowest BCUT2D eigenvalue weighted by Crippen LogP contribution is -2.25. The second-order valence-electron chi connectivity index (χ2n) is 8.46. The van der Waals surface area contributed by atoms with Crippen molar-refractivity contribution in [2.24, 2.45) is 0 Å². The average molecular weight is 506 g/mol. The van der Waals surface area contributed by atoms with Gasteiger partial charge in [-0.05, 0) is 68.0 Å². The van der Waals surface area contributed by atoms with E-state index >= 15 is 0 Å². The van der Waals surface area contributed by atoms with Gasteiger partial charge in [-0.25, -0.2) is 4.98 Å². The Morgan fingerprint density at radius 3 is 2.66 bits per heavy atom. The molecule has 4 aromatic rings. The molecule has 0 bridgehead atoms. The van der Waals surface area contributed by atoms with Crippen LogP contribution in [0.25, 0.3) is 10.2 Å². The molecule has 0 saturated carbocycles. The molecule has 0 radical (unpaired) electrons. The van der Waals surface area contributed by atoms with Crippen LogP contribution in [0.5, 0.6) is 5.75 Å². The number of nitrogens with zero attached hydrogens (tertiary/aromatic N) is 2. The molecule has 1 aliphatic carbocycles. The van der Waals surface area contributed by atoms with Crippen molar-refractivity contribution in [1.29, 1.82) is 0 Å². The zero-order chi connectivity index (χ0) is 24.2. The molecular formula is C27H27N3O3S2. The smallest absolute Gasteiger partial charge is 0.263 e. The van der Waals surface area contributed by atoms with Crippen molar-refractivity contribution in [2.45, 2.75) is 44.3 Å². The Hall–Kier alpha value is -3.10. The number of fused-ring (bicyclic) bond motifs is 3. The summed E-state index contributed by atoms with van der Waals surface area (Å²) in [6, 6.07) is 17.2. The molecule has 180 valence electrons. The number of ether oxygens (including phenoxy) is 1. The average Bonchev–Trinajstić information content (AvgIpc) is 3.25. The summed E-state index contributed by atoms with van der Waals surface area (Å²) in [5.41, 5.74) is 2.91. The van der Waals surface area contributed by atoms with Gasteiger partial charge in [0.1, 0.15) is 10.6 Å². The standard InChI is InChI=1S/C27H27N3O3S2/c1-2-33-20-14-12-19(13-15-20)28-23(31)17-34-27-29-25-24(21-10-6-7-11-22(21)35-25)26(32)30(27)16-18-8-4-3-5-9-18/h3-5,8-9,12-15H,2,6-7,10-11,16-17H2,1H3,(H,28,31). The van der Waals surface area contributed by atoms with Gasteiger partial charge in [-0.15, -0.1) is 11.3 Å². The van der Waals surface area contributed by atoms with E-state index in [1.54, 1.807) is 15.9 Å². The number of amides is 1. The van der Waals surface area contributed by atoms with Crippen LogP contribution in [0.1, 0.15) is 35.8 Å². The number of anilines is 1. The molecule has 8 heteroatoms. The highest BCUT2D eigenvalue weighted by Gasteiger charge is 2.22. The molecule has 2 heterocycles. The third kappa shape index (κ3) is 5.28. The monoisotopic (exact) mass is 505 g/mol. The van der Waals surface area contributed by atoms with E-state index in [1.807, 2.05) is 61.5 Å². The molecule has 0 aliphatic heterocycles. The van der Waals surface area contributed by atoms with Gasteiger partial charge in [0.25, 0.3) is 5.56 Å². The maximum atomic E-state index is 13.7. The molecule has 0 spiro atoms. The second-order valence-corrected chi connectivity index (χ2v) is 10.5. The predicted molar refractivity (Wildman–Crippen MR) is 143 cm³/mol. The minimum Gasteiger partial charge on any atom is -0.494 e. The number of carbonyl (C=O) groups excluding carboxylic acids is 1. The molecule has 2 aromatic heterocycles. The second kappa shape index (κ2) is 10.7. The van der Waals surface area contributed by atoms with Crippen LogP contribution in [0.3, 0.4) is 0 Å². The highest BCUT2D eigenvalue weighted by atomic mass is 32.2. The number of carbonyl (C=O) groups is 1. The van der Waals surface area contributed by atoms with E-state index in [9.17, 15) is 9.59 Å². The van der Waals surface area contributed by atoms with Crippen molar-refractivity contribution in [3.8, 4) is 5.75 Å². The topological polar surface area (TPSA) is 73.2 Å². The Bertz CT molecular complexity index is 1400. The lowest BCUT2D eigenvalue weighted by molar-refractivity contribution is -0.113. The van der Waals surface area contributed by atoms with Crippen LogP contribution in [0.4, 0.5) is 5.69 Å². The first-order valence-electron chi connectivity index (χ1n) is 11.9. The Morgan fingerprint density at radius 2 is 1.89 bits per heavy atom. The number of hydrogen-bond acceptors (Lipinski definition) is 6. The van der Waals surface area contributed by atoms with Gasteiger partial charge < -0.3 is 10.1 Å². The maximum Gasteiger partial charge on any atom is 0.263 e.